The molecule has 3 rings (SSSR count). The van der Waals surface area contributed by atoms with Crippen LogP contribution in [-0.2, 0) is 16.4 Å². The van der Waals surface area contributed by atoms with Crippen LogP contribution < -0.4 is 9.64 Å². The molecular formula is C24H33BrN2O4S. The molecule has 0 aromatic heterocycles. The lowest BCUT2D eigenvalue weighted by Gasteiger charge is -2.30. The van der Waals surface area contributed by atoms with Gasteiger partial charge in [0.15, 0.2) is 9.84 Å². The first kappa shape index (κ1) is 25.0. The summed E-state index contributed by atoms with van der Waals surface area (Å²) in [6.45, 7) is 7.25. The minimum Gasteiger partial charge on any atom is -0.490 e. The van der Waals surface area contributed by atoms with Crippen molar-refractivity contribution in [2.45, 2.75) is 39.0 Å². The van der Waals surface area contributed by atoms with Gasteiger partial charge in [-0.2, -0.15) is 0 Å². The van der Waals surface area contributed by atoms with Crippen molar-refractivity contribution in [3.63, 3.8) is 0 Å². The third kappa shape index (κ3) is 6.94. The predicted octanol–water partition coefficient (Wildman–Crippen LogP) is 3.72. The number of hydrogen-bond donors (Lipinski definition) is 1. The van der Waals surface area contributed by atoms with Crippen LogP contribution in [0, 0.1) is 0 Å². The number of nitrogens with zero attached hydrogens (tertiary/aromatic N) is 2. The van der Waals surface area contributed by atoms with E-state index < -0.39 is 15.9 Å². The summed E-state index contributed by atoms with van der Waals surface area (Å²) in [7, 11) is -3.02. The van der Waals surface area contributed by atoms with Gasteiger partial charge in [0.05, 0.1) is 16.0 Å². The van der Waals surface area contributed by atoms with E-state index in [-0.39, 0.29) is 24.2 Å². The molecule has 1 saturated heterocycles. The Morgan fingerprint density at radius 1 is 1.12 bits per heavy atom. The van der Waals surface area contributed by atoms with Gasteiger partial charge in [-0.25, -0.2) is 8.42 Å². The van der Waals surface area contributed by atoms with Crippen LogP contribution in [0.15, 0.2) is 53.0 Å². The summed E-state index contributed by atoms with van der Waals surface area (Å²) < 4.78 is 30.8. The van der Waals surface area contributed by atoms with Gasteiger partial charge in [-0.15, -0.1) is 0 Å². The van der Waals surface area contributed by atoms with Crippen LogP contribution in [0.2, 0.25) is 0 Å². The van der Waals surface area contributed by atoms with Crippen molar-refractivity contribution >= 4 is 31.5 Å². The maximum atomic E-state index is 12.1. The predicted molar refractivity (Wildman–Crippen MR) is 133 cm³/mol. The molecule has 2 unspecified atom stereocenters. The van der Waals surface area contributed by atoms with Crippen molar-refractivity contribution in [1.82, 2.24) is 4.90 Å². The highest BCUT2D eigenvalue weighted by Crippen LogP contribution is 2.25. The summed E-state index contributed by atoms with van der Waals surface area (Å²) in [6, 6.07) is 15.8. The first-order valence-corrected chi connectivity index (χ1v) is 13.8. The van der Waals surface area contributed by atoms with Crippen molar-refractivity contribution < 1.29 is 18.3 Å². The Balaban J connectivity index is 1.67. The monoisotopic (exact) mass is 524 g/mol. The van der Waals surface area contributed by atoms with E-state index in [1.807, 2.05) is 24.3 Å². The molecule has 0 bridgehead atoms. The number of ether oxygens (including phenoxy) is 1. The summed E-state index contributed by atoms with van der Waals surface area (Å²) in [5.41, 5.74) is 2.28. The third-order valence-electron chi connectivity index (χ3n) is 5.89. The van der Waals surface area contributed by atoms with Gasteiger partial charge in [-0.1, -0.05) is 24.3 Å². The Hall–Kier alpha value is -1.61. The van der Waals surface area contributed by atoms with Gasteiger partial charge in [0.1, 0.15) is 18.5 Å². The zero-order valence-electron chi connectivity index (χ0n) is 18.8. The molecule has 0 radical (unpaired) electrons. The molecule has 0 saturated carbocycles. The van der Waals surface area contributed by atoms with Gasteiger partial charge in [0, 0.05) is 37.9 Å². The third-order valence-corrected chi connectivity index (χ3v) is 8.29. The smallest absolute Gasteiger partial charge is 0.151 e. The van der Waals surface area contributed by atoms with Crippen LogP contribution in [0.5, 0.6) is 5.75 Å². The van der Waals surface area contributed by atoms with E-state index in [1.54, 1.807) is 0 Å². The number of hydrogen-bond acceptors (Lipinski definition) is 6. The van der Waals surface area contributed by atoms with Crippen molar-refractivity contribution in [2.24, 2.45) is 0 Å². The maximum Gasteiger partial charge on any atom is 0.151 e. The van der Waals surface area contributed by atoms with Crippen molar-refractivity contribution in [3.8, 4) is 5.75 Å². The molecule has 6 nitrogen and oxygen atoms in total. The number of aliphatic hydroxyl groups is 1. The number of benzene rings is 2. The molecule has 1 heterocycles. The number of aliphatic hydroxyl groups excluding tert-OH is 1. The minimum atomic E-state index is -3.02. The van der Waals surface area contributed by atoms with Gasteiger partial charge in [0.25, 0.3) is 0 Å². The lowest BCUT2D eigenvalue weighted by atomic mass is 10.1. The lowest BCUT2D eigenvalue weighted by Crippen LogP contribution is -2.42. The normalized spacial score (nSPS) is 18.6. The average Bonchev–Trinajstić information content (AvgIpc) is 3.14. The fourth-order valence-corrected chi connectivity index (χ4v) is 6.27. The van der Waals surface area contributed by atoms with Crippen LogP contribution in [-0.4, -0.2) is 68.3 Å². The first-order valence-electron chi connectivity index (χ1n) is 11.1. The second-order valence-corrected chi connectivity index (χ2v) is 11.3. The molecule has 0 aliphatic carbocycles. The van der Waals surface area contributed by atoms with E-state index >= 15 is 0 Å². The zero-order valence-corrected chi connectivity index (χ0v) is 21.2. The van der Waals surface area contributed by atoms with E-state index in [0.717, 1.165) is 23.1 Å². The van der Waals surface area contributed by atoms with Gasteiger partial charge in [-0.05, 0) is 66.0 Å². The van der Waals surface area contributed by atoms with E-state index in [1.165, 1.54) is 5.69 Å². The second-order valence-electron chi connectivity index (χ2n) is 8.22. The molecule has 2 aromatic carbocycles. The SMILES string of the molecule is CCN(CC)c1ccc(CN(CC(O)COc2ccccc2Br)C2CCS(=O)(=O)C2)cc1. The minimum absolute atomic E-state index is 0.0967. The highest BCUT2D eigenvalue weighted by Gasteiger charge is 2.33. The van der Waals surface area contributed by atoms with Crippen molar-refractivity contribution in [2.75, 3.05) is 42.6 Å². The van der Waals surface area contributed by atoms with Gasteiger partial charge in [-0.3, -0.25) is 4.90 Å². The fraction of sp³-hybridized carbons (Fsp3) is 0.500. The summed E-state index contributed by atoms with van der Waals surface area (Å²) in [5.74, 6) is 1.02. The quantitative estimate of drug-likeness (QED) is 0.483. The van der Waals surface area contributed by atoms with Gasteiger partial charge in [0.2, 0.25) is 0 Å². The van der Waals surface area contributed by atoms with Gasteiger partial charge >= 0.3 is 0 Å². The number of anilines is 1. The lowest BCUT2D eigenvalue weighted by molar-refractivity contribution is 0.0522. The van der Waals surface area contributed by atoms with E-state index in [2.05, 4.69) is 63.8 Å². The Bertz CT molecular complexity index is 964. The molecule has 1 fully saturated rings. The molecule has 176 valence electrons. The first-order chi connectivity index (χ1) is 15.3. The Kier molecular flexibility index (Phi) is 8.99. The van der Waals surface area contributed by atoms with Crippen LogP contribution in [0.3, 0.4) is 0 Å². The molecule has 0 amide bonds. The molecule has 1 N–H and O–H groups in total. The van der Waals surface area contributed by atoms with Gasteiger partial charge < -0.3 is 14.7 Å². The van der Waals surface area contributed by atoms with Crippen molar-refractivity contribution in [3.05, 3.63) is 58.6 Å². The second kappa shape index (κ2) is 11.5. The van der Waals surface area contributed by atoms with E-state index in [0.29, 0.717) is 25.3 Å². The topological polar surface area (TPSA) is 70.1 Å². The van der Waals surface area contributed by atoms with Crippen LogP contribution >= 0.6 is 15.9 Å². The number of sulfone groups is 1. The van der Waals surface area contributed by atoms with E-state index in [4.69, 9.17) is 4.74 Å². The molecule has 8 heteroatoms. The van der Waals surface area contributed by atoms with E-state index in [9.17, 15) is 13.5 Å². The highest BCUT2D eigenvalue weighted by atomic mass is 79.9. The largest absolute Gasteiger partial charge is 0.490 e. The number of para-hydroxylation sites is 1. The molecule has 2 aromatic rings. The number of rotatable bonds is 11. The summed E-state index contributed by atoms with van der Waals surface area (Å²) in [4.78, 5) is 4.37. The molecular weight excluding hydrogens is 492 g/mol. The van der Waals surface area contributed by atoms with Crippen molar-refractivity contribution in [1.29, 1.82) is 0 Å². The maximum absolute atomic E-state index is 12.1. The number of halogens is 1. The highest BCUT2D eigenvalue weighted by molar-refractivity contribution is 9.10. The standard InChI is InChI=1S/C24H33BrN2O4S/c1-3-26(4-2)20-11-9-19(10-12-20)15-27(21-13-14-32(29,30)18-21)16-22(28)17-31-24-8-6-5-7-23(24)25/h5-12,21-22,28H,3-4,13-18H2,1-2H3. The Morgan fingerprint density at radius 3 is 2.41 bits per heavy atom. The summed E-state index contributed by atoms with van der Waals surface area (Å²) >= 11 is 3.45. The average molecular weight is 526 g/mol. The van der Waals surface area contributed by atoms with Crippen LogP contribution in [0.25, 0.3) is 0 Å². The summed E-state index contributed by atoms with van der Waals surface area (Å²) in [5, 5.41) is 10.7. The Labute approximate surface area is 200 Å². The zero-order chi connectivity index (χ0) is 23.1. The molecule has 1 aliphatic heterocycles. The van der Waals surface area contributed by atoms with Crippen LogP contribution in [0.1, 0.15) is 25.8 Å². The molecule has 32 heavy (non-hydrogen) atoms. The molecule has 0 spiro atoms. The molecule has 1 aliphatic rings. The Morgan fingerprint density at radius 2 is 1.81 bits per heavy atom. The van der Waals surface area contributed by atoms with Crippen LogP contribution in [0.4, 0.5) is 5.69 Å². The molecule has 2 atom stereocenters. The summed E-state index contributed by atoms with van der Waals surface area (Å²) in [6.07, 6.45) is -0.141. The fourth-order valence-electron chi connectivity index (χ4n) is 4.11.